The Balaban J connectivity index is 2.15. The molecule has 0 aliphatic rings. The number of fused-ring (bicyclic) bond motifs is 1. The van der Waals surface area contributed by atoms with Crippen LogP contribution in [0.1, 0.15) is 0 Å². The van der Waals surface area contributed by atoms with Gasteiger partial charge < -0.3 is 4.74 Å². The van der Waals surface area contributed by atoms with E-state index in [0.29, 0.717) is 5.65 Å². The van der Waals surface area contributed by atoms with Crippen molar-refractivity contribution in [2.45, 2.75) is 0 Å². The van der Waals surface area contributed by atoms with Crippen LogP contribution in [-0.4, -0.2) is 19.7 Å². The Morgan fingerprint density at radius 2 is 1.71 bits per heavy atom. The molecular formula is C12H6F4N4O. The molecule has 0 bridgehead atoms. The molecular weight excluding hydrogens is 292 g/mol. The minimum Gasteiger partial charge on any atom is -0.432 e. The topological polar surface area (TPSA) is 52.8 Å². The first-order valence-electron chi connectivity index (χ1n) is 5.62. The van der Waals surface area contributed by atoms with Gasteiger partial charge in [-0.3, -0.25) is 4.68 Å². The van der Waals surface area contributed by atoms with E-state index in [2.05, 4.69) is 15.1 Å². The Hall–Kier alpha value is -2.71. The number of hydrogen-bond donors (Lipinski definition) is 0. The molecule has 5 nitrogen and oxygen atoms in total. The summed E-state index contributed by atoms with van der Waals surface area (Å²) in [5.74, 6) is -7.91. The lowest BCUT2D eigenvalue weighted by atomic mass is 10.3. The maximum absolute atomic E-state index is 13.6. The van der Waals surface area contributed by atoms with Crippen molar-refractivity contribution in [3.8, 4) is 11.6 Å². The highest BCUT2D eigenvalue weighted by atomic mass is 19.2. The first kappa shape index (κ1) is 13.3. The highest BCUT2D eigenvalue weighted by Gasteiger charge is 2.22. The van der Waals surface area contributed by atoms with Crippen LogP contribution in [0.5, 0.6) is 11.6 Å². The Labute approximate surface area is 114 Å². The zero-order valence-corrected chi connectivity index (χ0v) is 10.4. The maximum Gasteiger partial charge on any atom is 0.233 e. The van der Waals surface area contributed by atoms with Crippen molar-refractivity contribution < 1.29 is 22.3 Å². The van der Waals surface area contributed by atoms with Gasteiger partial charge in [0.25, 0.3) is 0 Å². The van der Waals surface area contributed by atoms with Gasteiger partial charge in [-0.2, -0.15) is 13.9 Å². The third-order valence-electron chi connectivity index (χ3n) is 2.76. The quantitative estimate of drug-likeness (QED) is 0.539. The van der Waals surface area contributed by atoms with Crippen LogP contribution in [0.2, 0.25) is 0 Å². The van der Waals surface area contributed by atoms with E-state index in [4.69, 9.17) is 4.74 Å². The average Bonchev–Trinajstić information content (AvgIpc) is 2.84. The van der Waals surface area contributed by atoms with Crippen LogP contribution in [-0.2, 0) is 7.05 Å². The number of hydrogen-bond acceptors (Lipinski definition) is 4. The zero-order chi connectivity index (χ0) is 15.1. The molecule has 0 aliphatic carbocycles. The molecule has 0 fully saturated rings. The molecule has 3 rings (SSSR count). The summed E-state index contributed by atoms with van der Waals surface area (Å²) in [6, 6.07) is 0.0944. The van der Waals surface area contributed by atoms with E-state index in [1.54, 1.807) is 7.05 Å². The Bertz CT molecular complexity index is 823. The standard InChI is InChI=1S/C12H6F4N4O/c1-20-11-5(3-19-20)12(18-4-17-11)21-10-8(15)6(13)2-7(14)9(10)16/h2-4H,1H3. The van der Waals surface area contributed by atoms with E-state index in [0.717, 1.165) is 6.33 Å². The van der Waals surface area contributed by atoms with Gasteiger partial charge in [0, 0.05) is 13.1 Å². The van der Waals surface area contributed by atoms with Crippen LogP contribution in [0.3, 0.4) is 0 Å². The number of ether oxygens (including phenoxy) is 1. The maximum atomic E-state index is 13.6. The minimum atomic E-state index is -1.65. The number of rotatable bonds is 2. The molecule has 0 unspecified atom stereocenters. The van der Waals surface area contributed by atoms with Gasteiger partial charge in [0.2, 0.25) is 23.3 Å². The number of halogens is 4. The summed E-state index contributed by atoms with van der Waals surface area (Å²) < 4.78 is 59.7. The summed E-state index contributed by atoms with van der Waals surface area (Å²) in [7, 11) is 1.59. The first-order chi connectivity index (χ1) is 9.99. The summed E-state index contributed by atoms with van der Waals surface area (Å²) in [5, 5.41) is 4.12. The van der Waals surface area contributed by atoms with Crippen LogP contribution in [0, 0.1) is 23.3 Å². The minimum absolute atomic E-state index is 0.0944. The van der Waals surface area contributed by atoms with Gasteiger partial charge in [-0.25, -0.2) is 18.7 Å². The Kier molecular flexibility index (Phi) is 2.96. The zero-order valence-electron chi connectivity index (χ0n) is 10.4. The van der Waals surface area contributed by atoms with Crippen LogP contribution in [0.25, 0.3) is 11.0 Å². The van der Waals surface area contributed by atoms with E-state index in [9.17, 15) is 17.6 Å². The highest BCUT2D eigenvalue weighted by Crippen LogP contribution is 2.32. The lowest BCUT2D eigenvalue weighted by molar-refractivity contribution is 0.361. The van der Waals surface area contributed by atoms with Crippen LogP contribution in [0.4, 0.5) is 17.6 Å². The number of aryl methyl sites for hydroxylation is 1. The molecule has 9 heteroatoms. The fourth-order valence-electron chi connectivity index (χ4n) is 1.76. The smallest absolute Gasteiger partial charge is 0.233 e. The third kappa shape index (κ3) is 2.06. The summed E-state index contributed by atoms with van der Waals surface area (Å²) in [6.45, 7) is 0. The molecule has 2 heterocycles. The van der Waals surface area contributed by atoms with E-state index in [1.165, 1.54) is 10.9 Å². The van der Waals surface area contributed by atoms with E-state index >= 15 is 0 Å². The lowest BCUT2D eigenvalue weighted by Gasteiger charge is -2.08. The molecule has 0 aliphatic heterocycles. The van der Waals surface area contributed by atoms with Crippen molar-refractivity contribution in [1.29, 1.82) is 0 Å². The molecule has 108 valence electrons. The summed E-state index contributed by atoms with van der Waals surface area (Å²) in [5.41, 5.74) is 0.331. The monoisotopic (exact) mass is 298 g/mol. The van der Waals surface area contributed by atoms with E-state index in [-0.39, 0.29) is 17.3 Å². The molecule has 0 radical (unpaired) electrons. The molecule has 3 aromatic rings. The second-order valence-corrected chi connectivity index (χ2v) is 4.08. The van der Waals surface area contributed by atoms with Crippen LogP contribution >= 0.6 is 0 Å². The fourth-order valence-corrected chi connectivity index (χ4v) is 1.76. The van der Waals surface area contributed by atoms with Gasteiger partial charge in [-0.1, -0.05) is 0 Å². The van der Waals surface area contributed by atoms with Gasteiger partial charge in [-0.15, -0.1) is 0 Å². The van der Waals surface area contributed by atoms with Gasteiger partial charge in [0.05, 0.1) is 6.20 Å². The highest BCUT2D eigenvalue weighted by molar-refractivity contribution is 5.79. The molecule has 0 spiro atoms. The predicted molar refractivity (Wildman–Crippen MR) is 62.7 cm³/mol. The molecule has 0 atom stereocenters. The van der Waals surface area contributed by atoms with Crippen molar-refractivity contribution in [2.24, 2.45) is 7.05 Å². The molecule has 0 amide bonds. The molecule has 0 saturated heterocycles. The van der Waals surface area contributed by atoms with Gasteiger partial charge in [0.1, 0.15) is 11.7 Å². The normalized spacial score (nSPS) is 11.1. The molecule has 1 aromatic carbocycles. The fraction of sp³-hybridized carbons (Fsp3) is 0.0833. The van der Waals surface area contributed by atoms with Crippen LogP contribution in [0.15, 0.2) is 18.6 Å². The third-order valence-corrected chi connectivity index (χ3v) is 2.76. The van der Waals surface area contributed by atoms with Crippen LogP contribution < -0.4 is 4.74 Å². The largest absolute Gasteiger partial charge is 0.432 e. The number of nitrogens with zero attached hydrogens (tertiary/aromatic N) is 4. The Morgan fingerprint density at radius 1 is 1.05 bits per heavy atom. The molecule has 21 heavy (non-hydrogen) atoms. The SMILES string of the molecule is Cn1ncc2c(Oc3c(F)c(F)cc(F)c3F)ncnc21. The predicted octanol–water partition coefficient (Wildman–Crippen LogP) is 2.71. The van der Waals surface area contributed by atoms with E-state index in [1.807, 2.05) is 0 Å². The number of benzene rings is 1. The summed E-state index contributed by atoms with van der Waals surface area (Å²) in [4.78, 5) is 7.59. The summed E-state index contributed by atoms with van der Waals surface area (Å²) in [6.07, 6.45) is 2.38. The van der Waals surface area contributed by atoms with Crippen molar-refractivity contribution in [2.75, 3.05) is 0 Å². The lowest BCUT2D eigenvalue weighted by Crippen LogP contribution is -2.01. The second kappa shape index (κ2) is 4.69. The molecule has 0 N–H and O–H groups in total. The number of aromatic nitrogens is 4. The van der Waals surface area contributed by atoms with Crippen molar-refractivity contribution in [3.05, 3.63) is 41.9 Å². The van der Waals surface area contributed by atoms with Gasteiger partial charge in [0.15, 0.2) is 17.3 Å². The van der Waals surface area contributed by atoms with Crippen molar-refractivity contribution in [1.82, 2.24) is 19.7 Å². The first-order valence-corrected chi connectivity index (χ1v) is 5.62. The summed E-state index contributed by atoms with van der Waals surface area (Å²) >= 11 is 0. The molecule has 0 saturated carbocycles. The second-order valence-electron chi connectivity index (χ2n) is 4.08. The Morgan fingerprint density at radius 3 is 2.38 bits per heavy atom. The molecule has 2 aromatic heterocycles. The van der Waals surface area contributed by atoms with Gasteiger partial charge >= 0.3 is 0 Å². The van der Waals surface area contributed by atoms with E-state index < -0.39 is 29.0 Å². The van der Waals surface area contributed by atoms with Crippen molar-refractivity contribution in [3.63, 3.8) is 0 Å². The van der Waals surface area contributed by atoms with Crippen molar-refractivity contribution >= 4 is 11.0 Å². The average molecular weight is 298 g/mol. The van der Waals surface area contributed by atoms with Gasteiger partial charge in [-0.05, 0) is 0 Å².